The second-order valence-corrected chi connectivity index (χ2v) is 7.57. The summed E-state index contributed by atoms with van der Waals surface area (Å²) in [6.07, 6.45) is -0.391. The summed E-state index contributed by atoms with van der Waals surface area (Å²) in [5.41, 5.74) is 0.723. The highest BCUT2D eigenvalue weighted by atomic mass is 19.1. The van der Waals surface area contributed by atoms with E-state index in [0.29, 0.717) is 49.9 Å². The van der Waals surface area contributed by atoms with E-state index < -0.39 is 11.9 Å². The molecule has 0 aliphatic carbocycles. The van der Waals surface area contributed by atoms with E-state index in [1.165, 1.54) is 32.4 Å². The monoisotopic (exact) mass is 460 g/mol. The molecule has 1 aliphatic rings. The van der Waals surface area contributed by atoms with Crippen molar-refractivity contribution in [3.63, 3.8) is 0 Å². The zero-order chi connectivity index (χ0) is 23.8. The minimum absolute atomic E-state index is 0.163. The maximum Gasteiger partial charge on any atom is 0.254 e. The van der Waals surface area contributed by atoms with Gasteiger partial charge in [0.2, 0.25) is 0 Å². The summed E-state index contributed by atoms with van der Waals surface area (Å²) in [5, 5.41) is 0. The van der Waals surface area contributed by atoms with Crippen molar-refractivity contribution in [2.75, 3.05) is 60.7 Å². The van der Waals surface area contributed by atoms with Crippen LogP contribution in [0, 0.1) is 5.82 Å². The number of ether oxygens (including phenoxy) is 4. The molecule has 1 atom stereocenters. The summed E-state index contributed by atoms with van der Waals surface area (Å²) in [4.78, 5) is 29.3. The molecule has 2 amide bonds. The number of hydrogen-bond donors (Lipinski definition) is 0. The number of carbonyl (C=O) groups excluding carboxylic acids is 2. The van der Waals surface area contributed by atoms with Crippen molar-refractivity contribution in [2.24, 2.45) is 0 Å². The normalized spacial score (nSPS) is 15.8. The Morgan fingerprint density at radius 2 is 1.88 bits per heavy atom. The lowest BCUT2D eigenvalue weighted by Gasteiger charge is -2.36. The van der Waals surface area contributed by atoms with Gasteiger partial charge in [0.15, 0.2) is 11.5 Å². The maximum absolute atomic E-state index is 13.6. The first-order valence-electron chi connectivity index (χ1n) is 10.6. The Morgan fingerprint density at radius 3 is 2.58 bits per heavy atom. The fraction of sp³-hybridized carbons (Fsp3) is 0.417. The van der Waals surface area contributed by atoms with Gasteiger partial charge in [-0.15, -0.1) is 0 Å². The molecule has 1 fully saturated rings. The fourth-order valence-electron chi connectivity index (χ4n) is 3.69. The number of carbonyl (C=O) groups is 2. The van der Waals surface area contributed by atoms with E-state index in [0.717, 1.165) is 0 Å². The molecule has 2 aromatic carbocycles. The Kier molecular flexibility index (Phi) is 8.62. The van der Waals surface area contributed by atoms with Crippen molar-refractivity contribution >= 4 is 11.8 Å². The third-order valence-electron chi connectivity index (χ3n) is 5.40. The average Bonchev–Trinajstić information content (AvgIpc) is 2.85. The van der Waals surface area contributed by atoms with Gasteiger partial charge in [-0.2, -0.15) is 0 Å². The van der Waals surface area contributed by atoms with Gasteiger partial charge < -0.3 is 28.7 Å². The highest BCUT2D eigenvalue weighted by molar-refractivity contribution is 5.95. The Balaban J connectivity index is 1.71. The molecule has 3 rings (SSSR count). The SMILES string of the molecule is COCCN(CC1CN(C(=O)c2ccc(OC)c(OC)c2)CCO1)C(=O)c1cccc(F)c1. The fourth-order valence-corrected chi connectivity index (χ4v) is 3.69. The first kappa shape index (κ1) is 24.5. The molecule has 1 unspecified atom stereocenters. The van der Waals surface area contributed by atoms with Gasteiger partial charge in [-0.05, 0) is 36.4 Å². The molecule has 178 valence electrons. The van der Waals surface area contributed by atoms with E-state index in [1.54, 1.807) is 41.2 Å². The molecule has 1 aliphatic heterocycles. The van der Waals surface area contributed by atoms with Crippen molar-refractivity contribution < 1.29 is 32.9 Å². The van der Waals surface area contributed by atoms with Gasteiger partial charge in [-0.3, -0.25) is 9.59 Å². The van der Waals surface area contributed by atoms with Gasteiger partial charge in [0.25, 0.3) is 11.8 Å². The van der Waals surface area contributed by atoms with Crippen LogP contribution < -0.4 is 9.47 Å². The minimum Gasteiger partial charge on any atom is -0.493 e. The molecule has 9 heteroatoms. The molecular weight excluding hydrogens is 431 g/mol. The summed E-state index contributed by atoms with van der Waals surface area (Å²) >= 11 is 0. The highest BCUT2D eigenvalue weighted by Crippen LogP contribution is 2.28. The number of benzene rings is 2. The van der Waals surface area contributed by atoms with Crippen LogP contribution in [-0.2, 0) is 9.47 Å². The van der Waals surface area contributed by atoms with E-state index in [4.69, 9.17) is 18.9 Å². The maximum atomic E-state index is 13.6. The molecular formula is C24H29FN2O6. The van der Waals surface area contributed by atoms with E-state index in [9.17, 15) is 14.0 Å². The second kappa shape index (κ2) is 11.6. The highest BCUT2D eigenvalue weighted by Gasteiger charge is 2.29. The molecule has 0 aromatic heterocycles. The van der Waals surface area contributed by atoms with Crippen LogP contribution in [-0.4, -0.2) is 88.4 Å². The smallest absolute Gasteiger partial charge is 0.254 e. The molecule has 0 bridgehead atoms. The third kappa shape index (κ3) is 6.21. The lowest BCUT2D eigenvalue weighted by molar-refractivity contribution is -0.0347. The van der Waals surface area contributed by atoms with Gasteiger partial charge in [0, 0.05) is 44.4 Å². The Morgan fingerprint density at radius 1 is 1.09 bits per heavy atom. The number of methoxy groups -OCH3 is 3. The topological polar surface area (TPSA) is 77.5 Å². The third-order valence-corrected chi connectivity index (χ3v) is 5.40. The van der Waals surface area contributed by atoms with Crippen LogP contribution in [0.5, 0.6) is 11.5 Å². The number of nitrogens with zero attached hydrogens (tertiary/aromatic N) is 2. The number of hydrogen-bond acceptors (Lipinski definition) is 6. The standard InChI is InChI=1S/C24H29FN2O6/c1-30-11-9-26(23(28)17-5-4-6-19(25)13-17)15-20-16-27(10-12-33-20)24(29)18-7-8-21(31-2)22(14-18)32-3/h4-8,13-14,20H,9-12,15-16H2,1-3H3. The van der Waals surface area contributed by atoms with Crippen molar-refractivity contribution in [3.05, 3.63) is 59.4 Å². The van der Waals surface area contributed by atoms with Crippen LogP contribution in [0.3, 0.4) is 0 Å². The van der Waals surface area contributed by atoms with Gasteiger partial charge in [-0.25, -0.2) is 4.39 Å². The first-order valence-corrected chi connectivity index (χ1v) is 10.6. The van der Waals surface area contributed by atoms with Crippen molar-refractivity contribution in [1.29, 1.82) is 0 Å². The minimum atomic E-state index is -0.479. The predicted molar refractivity (Wildman–Crippen MR) is 119 cm³/mol. The summed E-state index contributed by atoms with van der Waals surface area (Å²) in [6, 6.07) is 10.6. The molecule has 33 heavy (non-hydrogen) atoms. The van der Waals surface area contributed by atoms with E-state index in [-0.39, 0.29) is 23.9 Å². The number of amides is 2. The van der Waals surface area contributed by atoms with Crippen molar-refractivity contribution in [1.82, 2.24) is 9.80 Å². The van der Waals surface area contributed by atoms with Crippen LogP contribution in [0.25, 0.3) is 0 Å². The second-order valence-electron chi connectivity index (χ2n) is 7.57. The Labute approximate surface area is 192 Å². The molecule has 0 radical (unpaired) electrons. The lowest BCUT2D eigenvalue weighted by atomic mass is 10.1. The van der Waals surface area contributed by atoms with Crippen LogP contribution in [0.4, 0.5) is 4.39 Å². The van der Waals surface area contributed by atoms with Gasteiger partial charge in [-0.1, -0.05) is 6.07 Å². The summed E-state index contributed by atoms with van der Waals surface area (Å²) in [7, 11) is 4.60. The lowest BCUT2D eigenvalue weighted by Crippen LogP contribution is -2.51. The Hall–Kier alpha value is -3.17. The van der Waals surface area contributed by atoms with Crippen LogP contribution >= 0.6 is 0 Å². The summed E-state index contributed by atoms with van der Waals surface area (Å²) in [5.74, 6) is 0.0499. The number of rotatable bonds is 9. The summed E-state index contributed by atoms with van der Waals surface area (Å²) < 4.78 is 35.1. The Bertz CT molecular complexity index is 970. The summed E-state index contributed by atoms with van der Waals surface area (Å²) in [6.45, 7) is 1.97. The van der Waals surface area contributed by atoms with E-state index in [1.807, 2.05) is 0 Å². The van der Waals surface area contributed by atoms with Crippen LogP contribution in [0.15, 0.2) is 42.5 Å². The average molecular weight is 461 g/mol. The number of morpholine rings is 1. The van der Waals surface area contributed by atoms with Gasteiger partial charge in [0.05, 0.1) is 33.5 Å². The molecule has 1 heterocycles. The van der Waals surface area contributed by atoms with Crippen LogP contribution in [0.2, 0.25) is 0 Å². The molecule has 2 aromatic rings. The quantitative estimate of drug-likeness (QED) is 0.572. The first-order chi connectivity index (χ1) is 16.0. The molecule has 8 nitrogen and oxygen atoms in total. The van der Waals surface area contributed by atoms with Gasteiger partial charge in [0.1, 0.15) is 5.82 Å². The largest absolute Gasteiger partial charge is 0.493 e. The predicted octanol–water partition coefficient (Wildman–Crippen LogP) is 2.47. The molecule has 0 saturated carbocycles. The van der Waals surface area contributed by atoms with E-state index in [2.05, 4.69) is 0 Å². The number of halogens is 1. The molecule has 0 N–H and O–H groups in total. The zero-order valence-corrected chi connectivity index (χ0v) is 19.1. The van der Waals surface area contributed by atoms with Crippen LogP contribution in [0.1, 0.15) is 20.7 Å². The van der Waals surface area contributed by atoms with Crippen molar-refractivity contribution in [2.45, 2.75) is 6.10 Å². The molecule has 1 saturated heterocycles. The van der Waals surface area contributed by atoms with Crippen molar-refractivity contribution in [3.8, 4) is 11.5 Å². The molecule has 0 spiro atoms. The zero-order valence-electron chi connectivity index (χ0n) is 19.1. The van der Waals surface area contributed by atoms with Gasteiger partial charge >= 0.3 is 0 Å². The van der Waals surface area contributed by atoms with E-state index >= 15 is 0 Å².